The lowest BCUT2D eigenvalue weighted by Gasteiger charge is -2.34. The second-order valence-corrected chi connectivity index (χ2v) is 7.16. The summed E-state index contributed by atoms with van der Waals surface area (Å²) in [5.74, 6) is -0.0140. The quantitative estimate of drug-likeness (QED) is 0.828. The molecule has 132 valence electrons. The first-order valence-corrected chi connectivity index (χ1v) is 9.09. The fourth-order valence-corrected chi connectivity index (χ4v) is 3.60. The molecule has 2 aromatic rings. The van der Waals surface area contributed by atoms with Crippen LogP contribution in [-0.2, 0) is 6.42 Å². The number of carbonyl (C=O) groups excluding carboxylic acids is 1. The molecule has 6 heteroatoms. The minimum absolute atomic E-state index is 0.0140. The van der Waals surface area contributed by atoms with Gasteiger partial charge in [0.15, 0.2) is 0 Å². The highest BCUT2D eigenvalue weighted by Gasteiger charge is 2.22. The number of nitrogens with zero attached hydrogens (tertiary/aromatic N) is 2. The first-order valence-electron chi connectivity index (χ1n) is 8.33. The first kappa shape index (κ1) is 18.1. The summed E-state index contributed by atoms with van der Waals surface area (Å²) in [6.07, 6.45) is 0.961. The van der Waals surface area contributed by atoms with Gasteiger partial charge in [-0.2, -0.15) is 0 Å². The van der Waals surface area contributed by atoms with Gasteiger partial charge in [-0.1, -0.05) is 35.3 Å². The van der Waals surface area contributed by atoms with Crippen molar-refractivity contribution in [2.45, 2.75) is 6.42 Å². The molecule has 0 radical (unpaired) electrons. The lowest BCUT2D eigenvalue weighted by Crippen LogP contribution is -2.49. The number of amides is 1. The minimum Gasteiger partial charge on any atom is -0.399 e. The van der Waals surface area contributed by atoms with Crippen molar-refractivity contribution in [3.8, 4) is 0 Å². The summed E-state index contributed by atoms with van der Waals surface area (Å²) in [7, 11) is 0. The lowest BCUT2D eigenvalue weighted by molar-refractivity contribution is 0.0638. The Bertz CT molecular complexity index is 738. The maximum absolute atomic E-state index is 12.6. The summed E-state index contributed by atoms with van der Waals surface area (Å²) in [6.45, 7) is 4.11. The molecule has 3 rings (SSSR count). The molecule has 0 spiro atoms. The van der Waals surface area contributed by atoms with Crippen LogP contribution in [0.25, 0.3) is 0 Å². The smallest absolute Gasteiger partial charge is 0.254 e. The van der Waals surface area contributed by atoms with Gasteiger partial charge in [0.05, 0.1) is 0 Å². The topological polar surface area (TPSA) is 49.6 Å². The highest BCUT2D eigenvalue weighted by Crippen LogP contribution is 2.20. The Labute approximate surface area is 158 Å². The molecule has 1 heterocycles. The van der Waals surface area contributed by atoms with E-state index in [0.717, 1.165) is 31.7 Å². The molecular weight excluding hydrogens is 357 g/mol. The predicted molar refractivity (Wildman–Crippen MR) is 103 cm³/mol. The number of rotatable bonds is 4. The third kappa shape index (κ3) is 4.88. The Morgan fingerprint density at radius 3 is 2.32 bits per heavy atom. The van der Waals surface area contributed by atoms with Gasteiger partial charge in [0.2, 0.25) is 0 Å². The van der Waals surface area contributed by atoms with Crippen LogP contribution in [0.4, 0.5) is 5.69 Å². The average Bonchev–Trinajstić information content (AvgIpc) is 2.59. The molecule has 0 aliphatic carbocycles. The van der Waals surface area contributed by atoms with Gasteiger partial charge in [0.25, 0.3) is 5.91 Å². The van der Waals surface area contributed by atoms with Crippen LogP contribution in [0.15, 0.2) is 42.5 Å². The fourth-order valence-electron chi connectivity index (χ4n) is 3.07. The summed E-state index contributed by atoms with van der Waals surface area (Å²) in [5.41, 5.74) is 8.41. The van der Waals surface area contributed by atoms with E-state index in [1.807, 2.05) is 23.1 Å². The van der Waals surface area contributed by atoms with Crippen LogP contribution in [-0.4, -0.2) is 48.4 Å². The second kappa shape index (κ2) is 8.09. The van der Waals surface area contributed by atoms with Gasteiger partial charge in [-0.3, -0.25) is 9.69 Å². The van der Waals surface area contributed by atoms with Crippen LogP contribution in [0.1, 0.15) is 15.9 Å². The molecule has 2 N–H and O–H groups in total. The van der Waals surface area contributed by atoms with Crippen LogP contribution < -0.4 is 5.73 Å². The highest BCUT2D eigenvalue weighted by molar-refractivity contribution is 6.35. The van der Waals surface area contributed by atoms with E-state index >= 15 is 0 Å². The van der Waals surface area contributed by atoms with Crippen molar-refractivity contribution in [1.82, 2.24) is 9.80 Å². The summed E-state index contributed by atoms with van der Waals surface area (Å²) in [5, 5.41) is 0.966. The van der Waals surface area contributed by atoms with E-state index in [9.17, 15) is 4.79 Å². The molecule has 1 aliphatic rings. The van der Waals surface area contributed by atoms with Crippen molar-refractivity contribution in [1.29, 1.82) is 0 Å². The maximum Gasteiger partial charge on any atom is 0.254 e. The Morgan fingerprint density at radius 1 is 1.00 bits per heavy atom. The minimum atomic E-state index is -0.0140. The molecule has 0 saturated carbocycles. The Kier molecular flexibility index (Phi) is 5.84. The first-order chi connectivity index (χ1) is 12.0. The predicted octanol–water partition coefficient (Wildman–Crippen LogP) is 3.58. The van der Waals surface area contributed by atoms with E-state index in [4.69, 9.17) is 28.9 Å². The molecule has 1 amide bonds. The fraction of sp³-hybridized carbons (Fsp3) is 0.316. The van der Waals surface area contributed by atoms with Gasteiger partial charge in [0.1, 0.15) is 0 Å². The molecule has 1 aliphatic heterocycles. The summed E-state index contributed by atoms with van der Waals surface area (Å²) in [6, 6.07) is 13.0. The zero-order chi connectivity index (χ0) is 17.8. The van der Waals surface area contributed by atoms with E-state index < -0.39 is 0 Å². The van der Waals surface area contributed by atoms with Crippen molar-refractivity contribution in [3.63, 3.8) is 0 Å². The third-order valence-corrected chi connectivity index (χ3v) is 4.87. The zero-order valence-electron chi connectivity index (χ0n) is 13.9. The number of hydrogen-bond donors (Lipinski definition) is 1. The van der Waals surface area contributed by atoms with Crippen molar-refractivity contribution in [2.24, 2.45) is 0 Å². The number of carbonyl (C=O) groups is 1. The van der Waals surface area contributed by atoms with Gasteiger partial charge in [0, 0.05) is 54.0 Å². The molecule has 0 bridgehead atoms. The molecule has 0 unspecified atom stereocenters. The molecule has 25 heavy (non-hydrogen) atoms. The third-order valence-electron chi connectivity index (χ3n) is 4.44. The Balaban J connectivity index is 1.52. The number of piperazine rings is 1. The molecule has 2 aromatic carbocycles. The van der Waals surface area contributed by atoms with Gasteiger partial charge < -0.3 is 10.6 Å². The van der Waals surface area contributed by atoms with Gasteiger partial charge >= 0.3 is 0 Å². The number of hydrogen-bond acceptors (Lipinski definition) is 3. The van der Waals surface area contributed by atoms with E-state index in [1.54, 1.807) is 18.2 Å². The van der Waals surface area contributed by atoms with Crippen molar-refractivity contribution in [2.75, 3.05) is 38.5 Å². The van der Waals surface area contributed by atoms with E-state index in [1.165, 1.54) is 5.56 Å². The van der Waals surface area contributed by atoms with E-state index in [2.05, 4.69) is 11.0 Å². The molecule has 1 saturated heterocycles. The molecular formula is C19H21Cl2N3O. The SMILES string of the molecule is Nc1cccc(CCN2CCN(C(=O)c3cc(Cl)cc(Cl)c3)CC2)c1. The van der Waals surface area contributed by atoms with Gasteiger partial charge in [-0.05, 0) is 42.3 Å². The molecule has 4 nitrogen and oxygen atoms in total. The van der Waals surface area contributed by atoms with Crippen molar-refractivity contribution >= 4 is 34.8 Å². The molecule has 1 fully saturated rings. The van der Waals surface area contributed by atoms with Crippen LogP contribution in [0, 0.1) is 0 Å². The largest absolute Gasteiger partial charge is 0.399 e. The Hall–Kier alpha value is -1.75. The van der Waals surface area contributed by atoms with E-state index in [0.29, 0.717) is 28.7 Å². The summed E-state index contributed by atoms with van der Waals surface area (Å²) in [4.78, 5) is 16.8. The molecule has 0 aromatic heterocycles. The van der Waals surface area contributed by atoms with Crippen molar-refractivity contribution in [3.05, 3.63) is 63.6 Å². The number of anilines is 1. The van der Waals surface area contributed by atoms with Crippen LogP contribution in [0.2, 0.25) is 10.0 Å². The van der Waals surface area contributed by atoms with Gasteiger partial charge in [-0.15, -0.1) is 0 Å². The summed E-state index contributed by atoms with van der Waals surface area (Å²) >= 11 is 12.0. The summed E-state index contributed by atoms with van der Waals surface area (Å²) < 4.78 is 0. The zero-order valence-corrected chi connectivity index (χ0v) is 15.4. The van der Waals surface area contributed by atoms with Crippen LogP contribution >= 0.6 is 23.2 Å². The standard InChI is InChI=1S/C19H21Cl2N3O/c20-16-11-15(12-17(21)13-16)19(25)24-8-6-23(7-9-24)5-4-14-2-1-3-18(22)10-14/h1-3,10-13H,4-9,22H2. The number of benzene rings is 2. The van der Waals surface area contributed by atoms with Crippen LogP contribution in [0.3, 0.4) is 0 Å². The highest BCUT2D eigenvalue weighted by atomic mass is 35.5. The van der Waals surface area contributed by atoms with E-state index in [-0.39, 0.29) is 5.91 Å². The maximum atomic E-state index is 12.6. The van der Waals surface area contributed by atoms with Crippen LogP contribution in [0.5, 0.6) is 0 Å². The van der Waals surface area contributed by atoms with Crippen molar-refractivity contribution < 1.29 is 4.79 Å². The van der Waals surface area contributed by atoms with Gasteiger partial charge in [-0.25, -0.2) is 0 Å². The lowest BCUT2D eigenvalue weighted by atomic mass is 10.1. The monoisotopic (exact) mass is 377 g/mol. The number of halogens is 2. The average molecular weight is 378 g/mol. The number of nitrogens with two attached hydrogens (primary N) is 1. The second-order valence-electron chi connectivity index (χ2n) is 6.29. The normalized spacial score (nSPS) is 15.4. The number of nitrogen functional groups attached to an aromatic ring is 1. The Morgan fingerprint density at radius 2 is 1.68 bits per heavy atom. The molecule has 0 atom stereocenters.